The van der Waals surface area contributed by atoms with Gasteiger partial charge in [-0.25, -0.2) is 4.98 Å². The molecule has 0 spiro atoms. The van der Waals surface area contributed by atoms with E-state index in [1.54, 1.807) is 35.7 Å². The molecular formula is C19H18N4O2. The van der Waals surface area contributed by atoms with Gasteiger partial charge in [0.1, 0.15) is 18.4 Å². The highest BCUT2D eigenvalue weighted by Gasteiger charge is 2.26. The molecule has 0 saturated heterocycles. The van der Waals surface area contributed by atoms with Crippen molar-refractivity contribution in [2.75, 3.05) is 6.54 Å². The normalized spacial score (nSPS) is 15.4. The third-order valence-corrected chi connectivity index (χ3v) is 4.23. The number of benzene rings is 1. The Balaban J connectivity index is 1.41. The minimum atomic E-state index is -0.0512. The Labute approximate surface area is 145 Å². The van der Waals surface area contributed by atoms with Crippen molar-refractivity contribution in [3.8, 4) is 16.9 Å². The number of pyridine rings is 1. The first kappa shape index (κ1) is 15.4. The summed E-state index contributed by atoms with van der Waals surface area (Å²) in [5.41, 5.74) is 3.31. The van der Waals surface area contributed by atoms with E-state index in [0.29, 0.717) is 6.54 Å². The van der Waals surface area contributed by atoms with Gasteiger partial charge in [-0.05, 0) is 23.3 Å². The number of rotatable bonds is 5. The van der Waals surface area contributed by atoms with Crippen molar-refractivity contribution in [3.05, 3.63) is 67.0 Å². The monoisotopic (exact) mass is 334 g/mol. The van der Waals surface area contributed by atoms with Crippen molar-refractivity contribution in [3.63, 3.8) is 0 Å². The number of hydrogen-bond donors (Lipinski definition) is 1. The van der Waals surface area contributed by atoms with Crippen LogP contribution in [0.15, 0.2) is 61.4 Å². The molecule has 0 aliphatic carbocycles. The number of imidazole rings is 1. The van der Waals surface area contributed by atoms with Crippen LogP contribution in [-0.2, 0) is 17.8 Å². The molecule has 1 aromatic carbocycles. The van der Waals surface area contributed by atoms with Gasteiger partial charge in [0, 0.05) is 36.8 Å². The van der Waals surface area contributed by atoms with Crippen LogP contribution >= 0.6 is 0 Å². The number of para-hydroxylation sites is 1. The molecule has 3 aromatic rings. The number of ether oxygens (including phenoxy) is 1. The largest absolute Gasteiger partial charge is 0.487 e. The number of carbonyl (C=O) groups excluding carboxylic acids is 1. The molecule has 0 saturated carbocycles. The Morgan fingerprint density at radius 2 is 2.08 bits per heavy atom. The molecule has 6 heteroatoms. The number of carbonyl (C=O) groups is 1. The lowest BCUT2D eigenvalue weighted by Crippen LogP contribution is -2.36. The van der Waals surface area contributed by atoms with Crippen molar-refractivity contribution in [1.29, 1.82) is 0 Å². The SMILES string of the molecule is O=C(Cn1ccnc1)NCC1Cc2cccc(-c3ccncc3)c2O1. The lowest BCUT2D eigenvalue weighted by molar-refractivity contribution is -0.122. The average Bonchev–Trinajstić information content (AvgIpc) is 3.29. The predicted molar refractivity (Wildman–Crippen MR) is 93.0 cm³/mol. The molecule has 2 aromatic heterocycles. The topological polar surface area (TPSA) is 69.0 Å². The van der Waals surface area contributed by atoms with Crippen LogP contribution < -0.4 is 10.1 Å². The maximum Gasteiger partial charge on any atom is 0.240 e. The van der Waals surface area contributed by atoms with Crippen LogP contribution in [-0.4, -0.2) is 33.1 Å². The Hall–Kier alpha value is -3.15. The van der Waals surface area contributed by atoms with E-state index in [4.69, 9.17) is 4.74 Å². The Morgan fingerprint density at radius 1 is 1.20 bits per heavy atom. The summed E-state index contributed by atoms with van der Waals surface area (Å²) >= 11 is 0. The predicted octanol–water partition coefficient (Wildman–Crippen LogP) is 2.06. The summed E-state index contributed by atoms with van der Waals surface area (Å²) in [5, 5.41) is 2.93. The summed E-state index contributed by atoms with van der Waals surface area (Å²) in [6.45, 7) is 0.750. The van der Waals surface area contributed by atoms with Crippen LogP contribution in [0.4, 0.5) is 0 Å². The highest BCUT2D eigenvalue weighted by Crippen LogP contribution is 2.38. The zero-order valence-electron chi connectivity index (χ0n) is 13.6. The van der Waals surface area contributed by atoms with Crippen LogP contribution in [0.1, 0.15) is 5.56 Å². The second-order valence-electron chi connectivity index (χ2n) is 6.01. The number of nitrogens with one attached hydrogen (secondary N) is 1. The van der Waals surface area contributed by atoms with Crippen molar-refractivity contribution in [2.24, 2.45) is 0 Å². The second-order valence-corrected chi connectivity index (χ2v) is 6.01. The van der Waals surface area contributed by atoms with E-state index >= 15 is 0 Å². The van der Waals surface area contributed by atoms with Gasteiger partial charge in [0.2, 0.25) is 5.91 Å². The summed E-state index contributed by atoms with van der Waals surface area (Å²) in [6, 6.07) is 10.1. The standard InChI is InChI=1S/C19H18N4O2/c24-18(12-23-9-8-21-13-23)22-11-16-10-15-2-1-3-17(19(15)25-16)14-4-6-20-7-5-14/h1-9,13,16H,10-12H2,(H,22,24). The van der Waals surface area contributed by atoms with Gasteiger partial charge >= 0.3 is 0 Å². The molecule has 4 rings (SSSR count). The summed E-state index contributed by atoms with van der Waals surface area (Å²) in [6.07, 6.45) is 9.34. The van der Waals surface area contributed by atoms with E-state index in [9.17, 15) is 4.79 Å². The molecule has 25 heavy (non-hydrogen) atoms. The maximum absolute atomic E-state index is 12.0. The summed E-state index contributed by atoms with van der Waals surface area (Å²) in [4.78, 5) is 20.0. The molecule has 3 heterocycles. The molecule has 1 amide bonds. The first-order valence-corrected chi connectivity index (χ1v) is 8.21. The highest BCUT2D eigenvalue weighted by molar-refractivity contribution is 5.76. The fourth-order valence-electron chi connectivity index (χ4n) is 3.04. The van der Waals surface area contributed by atoms with Crippen LogP contribution in [0.25, 0.3) is 11.1 Å². The number of amides is 1. The number of hydrogen-bond acceptors (Lipinski definition) is 4. The zero-order valence-corrected chi connectivity index (χ0v) is 13.6. The van der Waals surface area contributed by atoms with Gasteiger partial charge in [-0.3, -0.25) is 9.78 Å². The van der Waals surface area contributed by atoms with Crippen LogP contribution in [0.2, 0.25) is 0 Å². The smallest absolute Gasteiger partial charge is 0.240 e. The Kier molecular flexibility index (Phi) is 4.16. The average molecular weight is 334 g/mol. The molecule has 1 aliphatic rings. The molecule has 1 unspecified atom stereocenters. The lowest BCUT2D eigenvalue weighted by Gasteiger charge is -2.13. The first-order valence-electron chi connectivity index (χ1n) is 8.21. The summed E-state index contributed by atoms with van der Waals surface area (Å²) in [7, 11) is 0. The van der Waals surface area contributed by atoms with Crippen molar-refractivity contribution in [2.45, 2.75) is 19.1 Å². The molecule has 1 aliphatic heterocycles. The maximum atomic E-state index is 12.0. The molecule has 126 valence electrons. The van der Waals surface area contributed by atoms with E-state index in [2.05, 4.69) is 21.4 Å². The minimum absolute atomic E-state index is 0.0492. The van der Waals surface area contributed by atoms with Gasteiger partial charge in [-0.1, -0.05) is 18.2 Å². The Morgan fingerprint density at radius 3 is 2.88 bits per heavy atom. The van der Waals surface area contributed by atoms with Crippen LogP contribution in [0.3, 0.4) is 0 Å². The van der Waals surface area contributed by atoms with E-state index in [1.165, 1.54) is 5.56 Å². The highest BCUT2D eigenvalue weighted by atomic mass is 16.5. The van der Waals surface area contributed by atoms with E-state index < -0.39 is 0 Å². The molecule has 0 fully saturated rings. The van der Waals surface area contributed by atoms with E-state index in [-0.39, 0.29) is 18.6 Å². The fraction of sp³-hybridized carbons (Fsp3) is 0.211. The number of fused-ring (bicyclic) bond motifs is 1. The zero-order chi connectivity index (χ0) is 17.1. The fourth-order valence-corrected chi connectivity index (χ4v) is 3.04. The van der Waals surface area contributed by atoms with E-state index in [1.807, 2.05) is 24.3 Å². The molecule has 1 atom stereocenters. The molecule has 6 nitrogen and oxygen atoms in total. The van der Waals surface area contributed by atoms with Gasteiger partial charge in [0.15, 0.2) is 0 Å². The van der Waals surface area contributed by atoms with Crippen molar-refractivity contribution >= 4 is 5.91 Å². The van der Waals surface area contributed by atoms with Crippen LogP contribution in [0, 0.1) is 0 Å². The first-order chi connectivity index (χ1) is 12.3. The number of aromatic nitrogens is 3. The molecule has 0 bridgehead atoms. The quantitative estimate of drug-likeness (QED) is 0.775. The van der Waals surface area contributed by atoms with Crippen LogP contribution in [0.5, 0.6) is 5.75 Å². The summed E-state index contributed by atoms with van der Waals surface area (Å²) in [5.74, 6) is 0.856. The van der Waals surface area contributed by atoms with Gasteiger partial charge in [0.25, 0.3) is 0 Å². The molecule has 1 N–H and O–H groups in total. The van der Waals surface area contributed by atoms with Gasteiger partial charge in [0.05, 0.1) is 12.9 Å². The van der Waals surface area contributed by atoms with Crippen molar-refractivity contribution in [1.82, 2.24) is 19.9 Å². The van der Waals surface area contributed by atoms with Gasteiger partial charge in [-0.2, -0.15) is 0 Å². The third-order valence-electron chi connectivity index (χ3n) is 4.23. The lowest BCUT2D eigenvalue weighted by atomic mass is 10.0. The van der Waals surface area contributed by atoms with Gasteiger partial charge < -0.3 is 14.6 Å². The second kappa shape index (κ2) is 6.76. The molecular weight excluding hydrogens is 316 g/mol. The Bertz CT molecular complexity index is 862. The van der Waals surface area contributed by atoms with Gasteiger partial charge in [-0.15, -0.1) is 0 Å². The van der Waals surface area contributed by atoms with E-state index in [0.717, 1.165) is 23.3 Å². The summed E-state index contributed by atoms with van der Waals surface area (Å²) < 4.78 is 7.86. The minimum Gasteiger partial charge on any atom is -0.487 e. The molecule has 0 radical (unpaired) electrons. The van der Waals surface area contributed by atoms with Crippen molar-refractivity contribution < 1.29 is 9.53 Å². The number of nitrogens with zero attached hydrogens (tertiary/aromatic N) is 3. The third kappa shape index (κ3) is 3.38.